The van der Waals surface area contributed by atoms with Gasteiger partial charge in [-0.05, 0) is 86.6 Å². The number of ketones is 1. The summed E-state index contributed by atoms with van der Waals surface area (Å²) in [5, 5.41) is 1.16. The van der Waals surface area contributed by atoms with Crippen LogP contribution in [0.15, 0.2) is 42.5 Å². The molecule has 3 rings (SSSR count). The number of benzene rings is 2. The van der Waals surface area contributed by atoms with Gasteiger partial charge in [-0.25, -0.2) is 4.79 Å². The number of allylic oxidation sites excluding steroid dienone is 1. The molecule has 0 spiro atoms. The maximum atomic E-state index is 13.2. The van der Waals surface area contributed by atoms with Gasteiger partial charge in [0.05, 0.1) is 6.04 Å². The Labute approximate surface area is 206 Å². The Morgan fingerprint density at radius 3 is 2.45 bits per heavy atom. The second-order valence-electron chi connectivity index (χ2n) is 9.37. The zero-order valence-corrected chi connectivity index (χ0v) is 21.2. The molecule has 0 bridgehead atoms. The first-order chi connectivity index (χ1) is 15.6. The average Bonchev–Trinajstić information content (AvgIpc) is 3.13. The van der Waals surface area contributed by atoms with Crippen LogP contribution in [0.2, 0.25) is 10.0 Å². The number of aryl methyl sites for hydroxylation is 1. The lowest BCUT2D eigenvalue weighted by Gasteiger charge is -2.32. The van der Waals surface area contributed by atoms with E-state index >= 15 is 0 Å². The van der Waals surface area contributed by atoms with Crippen molar-refractivity contribution in [3.05, 3.63) is 74.8 Å². The van der Waals surface area contributed by atoms with Crippen molar-refractivity contribution in [1.82, 2.24) is 4.90 Å². The molecule has 1 amide bonds. The summed E-state index contributed by atoms with van der Waals surface area (Å²) in [6.45, 7) is 7.96. The summed E-state index contributed by atoms with van der Waals surface area (Å²) in [7, 11) is 0. The lowest BCUT2D eigenvalue weighted by molar-refractivity contribution is -0.114. The Morgan fingerprint density at radius 1 is 1.12 bits per heavy atom. The molecule has 2 aromatic carbocycles. The quantitative estimate of drug-likeness (QED) is 0.380. The van der Waals surface area contributed by atoms with Gasteiger partial charge in [0.2, 0.25) is 0 Å². The minimum absolute atomic E-state index is 0.0696. The molecule has 4 nitrogen and oxygen atoms in total. The number of hydrogen-bond acceptors (Lipinski definition) is 3. The molecule has 0 N–H and O–H groups in total. The molecular weight excluding hydrogens is 457 g/mol. The zero-order chi connectivity index (χ0) is 24.2. The van der Waals surface area contributed by atoms with Gasteiger partial charge in [0, 0.05) is 23.0 Å². The molecule has 1 unspecified atom stereocenters. The van der Waals surface area contributed by atoms with Gasteiger partial charge >= 0.3 is 6.09 Å². The van der Waals surface area contributed by atoms with Gasteiger partial charge in [0.25, 0.3) is 0 Å². The molecule has 6 heteroatoms. The van der Waals surface area contributed by atoms with E-state index in [1.165, 1.54) is 5.56 Å². The lowest BCUT2D eigenvalue weighted by atomic mass is 10.0. The third-order valence-electron chi connectivity index (χ3n) is 5.59. The van der Waals surface area contributed by atoms with E-state index in [1.807, 2.05) is 56.9 Å². The molecular formula is C27H31Cl2NO3. The molecule has 0 aromatic heterocycles. The topological polar surface area (TPSA) is 46.6 Å². The van der Waals surface area contributed by atoms with E-state index in [1.54, 1.807) is 12.1 Å². The van der Waals surface area contributed by atoms with Crippen LogP contribution >= 0.6 is 23.2 Å². The van der Waals surface area contributed by atoms with Gasteiger partial charge in [0.1, 0.15) is 5.60 Å². The number of ether oxygens (including phenoxy) is 1. The summed E-state index contributed by atoms with van der Waals surface area (Å²) in [5.41, 5.74) is 3.71. The lowest BCUT2D eigenvalue weighted by Crippen LogP contribution is -2.40. The minimum Gasteiger partial charge on any atom is -0.444 e. The van der Waals surface area contributed by atoms with Crippen molar-refractivity contribution in [3.63, 3.8) is 0 Å². The van der Waals surface area contributed by atoms with E-state index in [2.05, 4.69) is 12.1 Å². The number of carbonyl (C=O) groups is 2. The molecule has 0 fully saturated rings. The highest BCUT2D eigenvalue weighted by Crippen LogP contribution is 2.37. The summed E-state index contributed by atoms with van der Waals surface area (Å²) in [4.78, 5) is 26.6. The monoisotopic (exact) mass is 487 g/mol. The highest BCUT2D eigenvalue weighted by molar-refractivity contribution is 6.34. The Bertz CT molecular complexity index is 1040. The number of nitrogens with zero attached hydrogens (tertiary/aromatic N) is 1. The molecule has 1 aliphatic rings. The number of halogens is 2. The van der Waals surface area contributed by atoms with E-state index in [4.69, 9.17) is 27.9 Å². The van der Waals surface area contributed by atoms with E-state index in [0.717, 1.165) is 29.5 Å². The third-order valence-corrected chi connectivity index (χ3v) is 6.03. The number of carbonyl (C=O) groups excluding carboxylic acids is 2. The number of hydrogen-bond donors (Lipinski definition) is 0. The number of amides is 1. The van der Waals surface area contributed by atoms with Gasteiger partial charge in [0.15, 0.2) is 5.78 Å². The van der Waals surface area contributed by atoms with Crippen molar-refractivity contribution in [2.24, 2.45) is 0 Å². The maximum absolute atomic E-state index is 13.2. The third kappa shape index (κ3) is 7.09. The first-order valence-corrected chi connectivity index (χ1v) is 12.1. The van der Waals surface area contributed by atoms with E-state index in [0.29, 0.717) is 29.4 Å². The fraction of sp³-hybridized carbons (Fsp3) is 0.407. The average molecular weight is 488 g/mol. The van der Waals surface area contributed by atoms with Crippen LogP contribution in [-0.2, 0) is 22.4 Å². The van der Waals surface area contributed by atoms with Crippen molar-refractivity contribution in [2.45, 2.75) is 65.0 Å². The molecule has 0 saturated carbocycles. The highest BCUT2D eigenvalue weighted by atomic mass is 35.5. The summed E-state index contributed by atoms with van der Waals surface area (Å²) < 4.78 is 5.75. The van der Waals surface area contributed by atoms with Crippen LogP contribution in [0.1, 0.15) is 68.8 Å². The SMILES string of the molecule is CCC(=O)/C=C/c1ccc2c(c1)CCC2N(CCc1cc(Cl)cc(Cl)c1)C(=O)OC(C)(C)C. The Morgan fingerprint density at radius 2 is 1.82 bits per heavy atom. The molecule has 2 aromatic rings. The minimum atomic E-state index is -0.587. The molecule has 0 aliphatic heterocycles. The standard InChI is InChI=1S/C27H31Cl2NO3/c1-5-23(31)9-6-18-7-10-24-20(14-18)8-11-25(24)30(26(32)33-27(2,3)4)13-12-19-15-21(28)17-22(29)16-19/h6-7,9-10,14-17,25H,5,8,11-13H2,1-4H3/b9-6+. The predicted molar refractivity (Wildman–Crippen MR) is 135 cm³/mol. The first kappa shape index (κ1) is 25.3. The van der Waals surface area contributed by atoms with Crippen molar-refractivity contribution in [1.29, 1.82) is 0 Å². The zero-order valence-electron chi connectivity index (χ0n) is 19.7. The van der Waals surface area contributed by atoms with Crippen LogP contribution in [0.25, 0.3) is 6.08 Å². The number of fused-ring (bicyclic) bond motifs is 1. The molecule has 0 radical (unpaired) electrons. The van der Waals surface area contributed by atoms with E-state index < -0.39 is 5.60 Å². The molecule has 1 aliphatic carbocycles. The van der Waals surface area contributed by atoms with Gasteiger partial charge in [-0.2, -0.15) is 0 Å². The van der Waals surface area contributed by atoms with Crippen LogP contribution in [0, 0.1) is 0 Å². The fourth-order valence-electron chi connectivity index (χ4n) is 4.05. The first-order valence-electron chi connectivity index (χ1n) is 11.3. The van der Waals surface area contributed by atoms with E-state index in [9.17, 15) is 9.59 Å². The number of rotatable bonds is 7. The van der Waals surface area contributed by atoms with Crippen molar-refractivity contribution in [3.8, 4) is 0 Å². The Kier molecular flexibility index (Phi) is 8.25. The maximum Gasteiger partial charge on any atom is 0.410 e. The highest BCUT2D eigenvalue weighted by Gasteiger charge is 2.33. The van der Waals surface area contributed by atoms with Gasteiger partial charge < -0.3 is 9.64 Å². The van der Waals surface area contributed by atoms with Crippen LogP contribution in [0.5, 0.6) is 0 Å². The normalized spacial score (nSPS) is 15.5. The Balaban J connectivity index is 1.84. The van der Waals surface area contributed by atoms with Gasteiger partial charge in [-0.1, -0.05) is 54.4 Å². The van der Waals surface area contributed by atoms with Crippen molar-refractivity contribution in [2.75, 3.05) is 6.54 Å². The largest absolute Gasteiger partial charge is 0.444 e. The summed E-state index contributed by atoms with van der Waals surface area (Å²) in [5.74, 6) is 0.102. The summed E-state index contributed by atoms with van der Waals surface area (Å²) in [6, 6.07) is 11.6. The summed E-state index contributed by atoms with van der Waals surface area (Å²) in [6.07, 6.45) is 5.95. The van der Waals surface area contributed by atoms with Crippen LogP contribution in [-0.4, -0.2) is 28.9 Å². The molecule has 1 atom stereocenters. The molecule has 33 heavy (non-hydrogen) atoms. The second kappa shape index (κ2) is 10.8. The molecule has 0 saturated heterocycles. The smallest absolute Gasteiger partial charge is 0.410 e. The Hall–Kier alpha value is -2.30. The second-order valence-corrected chi connectivity index (χ2v) is 10.2. The fourth-order valence-corrected chi connectivity index (χ4v) is 4.62. The van der Waals surface area contributed by atoms with Crippen LogP contribution in [0.3, 0.4) is 0 Å². The molecule has 0 heterocycles. The molecule has 176 valence electrons. The van der Waals surface area contributed by atoms with Crippen molar-refractivity contribution < 1.29 is 14.3 Å². The van der Waals surface area contributed by atoms with Crippen LogP contribution in [0.4, 0.5) is 4.79 Å². The van der Waals surface area contributed by atoms with Gasteiger partial charge in [-0.15, -0.1) is 0 Å². The van der Waals surface area contributed by atoms with Gasteiger partial charge in [-0.3, -0.25) is 4.79 Å². The van der Waals surface area contributed by atoms with Crippen molar-refractivity contribution >= 4 is 41.2 Å². The summed E-state index contributed by atoms with van der Waals surface area (Å²) >= 11 is 12.3. The van der Waals surface area contributed by atoms with Crippen LogP contribution < -0.4 is 0 Å². The van der Waals surface area contributed by atoms with E-state index in [-0.39, 0.29) is 17.9 Å². The predicted octanol–water partition coefficient (Wildman–Crippen LogP) is 7.45.